The molecule has 0 aliphatic rings. The highest BCUT2D eigenvalue weighted by Crippen LogP contribution is 2.29. The van der Waals surface area contributed by atoms with Crippen molar-refractivity contribution in [3.8, 4) is 22.9 Å². The lowest BCUT2D eigenvalue weighted by Gasteiger charge is -2.09. The maximum atomic E-state index is 14.8. The van der Waals surface area contributed by atoms with Crippen molar-refractivity contribution in [2.45, 2.75) is 38.5 Å². The molecule has 5 aromatic rings. The number of hydrogen-bond donors (Lipinski definition) is 2. The van der Waals surface area contributed by atoms with Gasteiger partial charge in [0, 0.05) is 24.6 Å². The topological polar surface area (TPSA) is 114 Å². The minimum absolute atomic E-state index is 0.0198. The number of benzene rings is 3. The van der Waals surface area contributed by atoms with Gasteiger partial charge in [-0.2, -0.15) is 8.42 Å². The predicted molar refractivity (Wildman–Crippen MR) is 159 cm³/mol. The fourth-order valence-electron chi connectivity index (χ4n) is 4.80. The third-order valence-electron chi connectivity index (χ3n) is 6.93. The first kappa shape index (κ1) is 29.2. The lowest BCUT2D eigenvalue weighted by Crippen LogP contribution is -2.04. The molecule has 3 aromatic carbocycles. The summed E-state index contributed by atoms with van der Waals surface area (Å²) in [6, 6.07) is 24.4. The summed E-state index contributed by atoms with van der Waals surface area (Å²) in [7, 11) is -3.94. The Morgan fingerprint density at radius 2 is 1.50 bits per heavy atom. The molecule has 0 fully saturated rings. The van der Waals surface area contributed by atoms with Crippen LogP contribution in [0.2, 0.25) is 0 Å². The van der Waals surface area contributed by atoms with Gasteiger partial charge in [-0.1, -0.05) is 79.6 Å². The Morgan fingerprint density at radius 1 is 0.810 bits per heavy atom. The van der Waals surface area contributed by atoms with E-state index in [1.807, 2.05) is 60.7 Å². The third-order valence-corrected chi connectivity index (χ3v) is 7.73. The Bertz CT molecular complexity index is 1760. The molecular formula is C32H32FN3O5S. The molecule has 2 heterocycles. The molecule has 218 valence electrons. The Labute approximate surface area is 244 Å². The molecule has 0 amide bonds. The van der Waals surface area contributed by atoms with Gasteiger partial charge < -0.3 is 9.84 Å². The van der Waals surface area contributed by atoms with Crippen LogP contribution in [0.3, 0.4) is 0 Å². The van der Waals surface area contributed by atoms with Gasteiger partial charge in [0.25, 0.3) is 10.1 Å². The molecule has 0 unspecified atom stereocenters. The molecule has 2 aromatic heterocycles. The van der Waals surface area contributed by atoms with E-state index in [9.17, 15) is 17.9 Å². The van der Waals surface area contributed by atoms with Gasteiger partial charge in [0.05, 0.1) is 23.7 Å². The van der Waals surface area contributed by atoms with Crippen LogP contribution >= 0.6 is 0 Å². The zero-order valence-electron chi connectivity index (χ0n) is 23.0. The molecule has 0 saturated heterocycles. The van der Waals surface area contributed by atoms with Crippen LogP contribution in [0.15, 0.2) is 85.1 Å². The van der Waals surface area contributed by atoms with Crippen LogP contribution in [0.25, 0.3) is 16.9 Å². The summed E-state index contributed by atoms with van der Waals surface area (Å²) < 4.78 is 52.4. The lowest BCUT2D eigenvalue weighted by atomic mass is 10.1. The van der Waals surface area contributed by atoms with Crippen molar-refractivity contribution in [3.63, 3.8) is 0 Å². The molecule has 0 aliphatic heterocycles. The standard InChI is InChI=1S/C32H32FN3O5S/c33-26-19-24(15-16-30(26)41-17-9-1-2-10-18-42(38,39)40)21-28-32(37)36-22-29(25-13-7-4-8-14-25)34-27(31(36)35-28)20-23-11-5-3-6-12-23/h3-8,11-16,19,22,37H,1-2,9-10,17-18,20-21H2,(H,38,39,40). The van der Waals surface area contributed by atoms with Gasteiger partial charge in [-0.05, 0) is 36.1 Å². The monoisotopic (exact) mass is 589 g/mol. The molecule has 5 rings (SSSR count). The molecule has 0 saturated carbocycles. The average molecular weight is 590 g/mol. The van der Waals surface area contributed by atoms with Crippen molar-refractivity contribution in [3.05, 3.63) is 113 Å². The van der Waals surface area contributed by atoms with Crippen LogP contribution in [0, 0.1) is 5.82 Å². The van der Waals surface area contributed by atoms with Crippen molar-refractivity contribution >= 4 is 15.8 Å². The van der Waals surface area contributed by atoms with Crippen LogP contribution in [0.4, 0.5) is 4.39 Å². The minimum atomic E-state index is -3.94. The average Bonchev–Trinajstić information content (AvgIpc) is 3.29. The number of unbranched alkanes of at least 4 members (excludes halogenated alkanes) is 3. The zero-order valence-corrected chi connectivity index (χ0v) is 23.8. The molecule has 42 heavy (non-hydrogen) atoms. The number of aromatic nitrogens is 3. The van der Waals surface area contributed by atoms with Crippen LogP contribution in [0.1, 0.15) is 48.2 Å². The second-order valence-electron chi connectivity index (χ2n) is 10.2. The van der Waals surface area contributed by atoms with E-state index in [2.05, 4.69) is 0 Å². The maximum absolute atomic E-state index is 14.8. The molecular weight excluding hydrogens is 557 g/mol. The summed E-state index contributed by atoms with van der Waals surface area (Å²) in [5, 5.41) is 11.2. The van der Waals surface area contributed by atoms with Crippen molar-refractivity contribution in [1.82, 2.24) is 14.4 Å². The van der Waals surface area contributed by atoms with E-state index in [0.717, 1.165) is 16.8 Å². The van der Waals surface area contributed by atoms with Gasteiger partial charge in [-0.3, -0.25) is 8.95 Å². The number of rotatable bonds is 13. The third kappa shape index (κ3) is 7.51. The molecule has 10 heteroatoms. The smallest absolute Gasteiger partial charge is 0.264 e. The van der Waals surface area contributed by atoms with E-state index in [-0.39, 0.29) is 30.4 Å². The Hall–Kier alpha value is -4.28. The largest absolute Gasteiger partial charge is 0.493 e. The van der Waals surface area contributed by atoms with Crippen molar-refractivity contribution in [2.24, 2.45) is 0 Å². The fraction of sp³-hybridized carbons (Fsp3) is 0.250. The van der Waals surface area contributed by atoms with Crippen LogP contribution < -0.4 is 4.74 Å². The first-order valence-electron chi connectivity index (χ1n) is 13.8. The first-order chi connectivity index (χ1) is 20.3. The maximum Gasteiger partial charge on any atom is 0.264 e. The Morgan fingerprint density at radius 3 is 2.21 bits per heavy atom. The Kier molecular flexibility index (Phi) is 9.14. The van der Waals surface area contributed by atoms with E-state index in [1.54, 1.807) is 22.7 Å². The molecule has 0 spiro atoms. The van der Waals surface area contributed by atoms with E-state index < -0.39 is 15.9 Å². The van der Waals surface area contributed by atoms with Gasteiger partial charge >= 0.3 is 0 Å². The van der Waals surface area contributed by atoms with Crippen molar-refractivity contribution in [2.75, 3.05) is 12.4 Å². The summed E-state index contributed by atoms with van der Waals surface area (Å²) in [6.07, 6.45) is 4.84. The van der Waals surface area contributed by atoms with Crippen LogP contribution in [-0.4, -0.2) is 44.8 Å². The summed E-state index contributed by atoms with van der Waals surface area (Å²) >= 11 is 0. The van der Waals surface area contributed by atoms with Crippen molar-refractivity contribution in [1.29, 1.82) is 0 Å². The second kappa shape index (κ2) is 13.1. The predicted octanol–water partition coefficient (Wildman–Crippen LogP) is 6.25. The quantitative estimate of drug-likeness (QED) is 0.123. The number of aromatic hydroxyl groups is 1. The van der Waals surface area contributed by atoms with Gasteiger partial charge in [0.2, 0.25) is 5.88 Å². The number of fused-ring (bicyclic) bond motifs is 1. The summed E-state index contributed by atoms with van der Waals surface area (Å²) in [5.74, 6) is -0.670. The van der Waals surface area contributed by atoms with Gasteiger partial charge in [-0.25, -0.2) is 14.4 Å². The molecule has 2 N–H and O–H groups in total. The highest BCUT2D eigenvalue weighted by Gasteiger charge is 2.18. The van der Waals surface area contributed by atoms with Crippen molar-refractivity contribution < 1.29 is 27.2 Å². The van der Waals surface area contributed by atoms with E-state index in [0.29, 0.717) is 54.7 Å². The van der Waals surface area contributed by atoms with Crippen LogP contribution in [0.5, 0.6) is 11.6 Å². The highest BCUT2D eigenvalue weighted by atomic mass is 32.2. The highest BCUT2D eigenvalue weighted by molar-refractivity contribution is 7.85. The molecule has 0 aliphatic carbocycles. The Balaban J connectivity index is 1.32. The number of imidazole rings is 1. The van der Waals surface area contributed by atoms with Gasteiger partial charge in [0.15, 0.2) is 17.2 Å². The van der Waals surface area contributed by atoms with Gasteiger partial charge in [0.1, 0.15) is 5.69 Å². The second-order valence-corrected chi connectivity index (χ2v) is 11.7. The molecule has 0 radical (unpaired) electrons. The van der Waals surface area contributed by atoms with Crippen LogP contribution in [-0.2, 0) is 23.0 Å². The molecule has 8 nitrogen and oxygen atoms in total. The zero-order chi connectivity index (χ0) is 29.5. The first-order valence-corrected chi connectivity index (χ1v) is 15.4. The van der Waals surface area contributed by atoms with Gasteiger partial charge in [-0.15, -0.1) is 0 Å². The van der Waals surface area contributed by atoms with E-state index >= 15 is 0 Å². The number of ether oxygens (including phenoxy) is 1. The molecule has 0 atom stereocenters. The van der Waals surface area contributed by atoms with E-state index in [4.69, 9.17) is 19.3 Å². The molecule has 0 bridgehead atoms. The number of hydrogen-bond acceptors (Lipinski definition) is 6. The summed E-state index contributed by atoms with van der Waals surface area (Å²) in [5.41, 5.74) is 4.99. The lowest BCUT2D eigenvalue weighted by molar-refractivity contribution is 0.290. The normalized spacial score (nSPS) is 11.7. The van der Waals surface area contributed by atoms with E-state index in [1.165, 1.54) is 6.07 Å². The number of nitrogens with zero attached hydrogens (tertiary/aromatic N) is 3. The fourth-order valence-corrected chi connectivity index (χ4v) is 5.37. The number of halogens is 1. The minimum Gasteiger partial charge on any atom is -0.493 e. The summed E-state index contributed by atoms with van der Waals surface area (Å²) in [4.78, 5) is 9.64. The SMILES string of the molecule is O=S(=O)(O)CCCCCCOc1ccc(Cc2nc3c(Cc4ccccc4)nc(-c4ccccc4)cn3c2O)cc1F. The summed E-state index contributed by atoms with van der Waals surface area (Å²) in [6.45, 7) is 0.288.